The van der Waals surface area contributed by atoms with E-state index in [1.165, 1.54) is 12.3 Å². The van der Waals surface area contributed by atoms with Crippen molar-refractivity contribution in [3.63, 3.8) is 0 Å². The first kappa shape index (κ1) is 8.44. The van der Waals surface area contributed by atoms with E-state index in [9.17, 15) is 4.39 Å². The Labute approximate surface area is 82.7 Å². The number of nitrogen functional groups attached to an aromatic ring is 1. The van der Waals surface area contributed by atoms with Gasteiger partial charge in [0, 0.05) is 9.86 Å². The van der Waals surface area contributed by atoms with Gasteiger partial charge in [-0.15, -0.1) is 0 Å². The molecule has 0 bridgehead atoms. The molecule has 13 heavy (non-hydrogen) atoms. The van der Waals surface area contributed by atoms with Gasteiger partial charge in [0.05, 0.1) is 17.4 Å². The van der Waals surface area contributed by atoms with Crippen molar-refractivity contribution in [3.8, 4) is 0 Å². The minimum Gasteiger partial charge on any atom is -0.397 e. The van der Waals surface area contributed by atoms with Crippen molar-refractivity contribution in [2.75, 3.05) is 5.73 Å². The minimum atomic E-state index is -0.307. The normalized spacial score (nSPS) is 10.6. The van der Waals surface area contributed by atoms with Gasteiger partial charge in [0.2, 0.25) is 0 Å². The van der Waals surface area contributed by atoms with Gasteiger partial charge in [-0.05, 0) is 34.1 Å². The number of pyridine rings is 1. The van der Waals surface area contributed by atoms with Crippen LogP contribution < -0.4 is 5.73 Å². The molecule has 0 fully saturated rings. The van der Waals surface area contributed by atoms with Crippen LogP contribution in [0.15, 0.2) is 28.9 Å². The highest BCUT2D eigenvalue weighted by molar-refractivity contribution is 9.10. The number of halogens is 2. The van der Waals surface area contributed by atoms with Crippen molar-refractivity contribution in [2.24, 2.45) is 0 Å². The molecule has 0 aliphatic rings. The largest absolute Gasteiger partial charge is 0.397 e. The zero-order chi connectivity index (χ0) is 9.42. The molecule has 1 aromatic heterocycles. The van der Waals surface area contributed by atoms with Crippen LogP contribution >= 0.6 is 15.9 Å². The summed E-state index contributed by atoms with van der Waals surface area (Å²) in [5.74, 6) is -0.307. The van der Waals surface area contributed by atoms with Crippen LogP contribution in [0, 0.1) is 5.82 Å². The molecule has 2 nitrogen and oxygen atoms in total. The van der Waals surface area contributed by atoms with E-state index in [1.54, 1.807) is 12.1 Å². The van der Waals surface area contributed by atoms with Gasteiger partial charge in [-0.25, -0.2) is 4.39 Å². The maximum Gasteiger partial charge on any atom is 0.132 e. The van der Waals surface area contributed by atoms with Crippen molar-refractivity contribution in [2.45, 2.75) is 0 Å². The Morgan fingerprint density at radius 3 is 2.92 bits per heavy atom. The van der Waals surface area contributed by atoms with Gasteiger partial charge in [-0.1, -0.05) is 0 Å². The van der Waals surface area contributed by atoms with Gasteiger partial charge in [0.15, 0.2) is 0 Å². The quantitative estimate of drug-likeness (QED) is 0.770. The minimum absolute atomic E-state index is 0.307. The average Bonchev–Trinajstić information content (AvgIpc) is 2.12. The van der Waals surface area contributed by atoms with E-state index >= 15 is 0 Å². The molecule has 0 saturated carbocycles. The average molecular weight is 241 g/mol. The van der Waals surface area contributed by atoms with E-state index in [4.69, 9.17) is 5.73 Å². The standard InChI is InChI=1S/C9H6BrFN2/c10-7-1-2-8(11)6-3-5(12)4-13-9(6)7/h1-4H,12H2. The topological polar surface area (TPSA) is 38.9 Å². The second kappa shape index (κ2) is 2.96. The van der Waals surface area contributed by atoms with E-state index in [1.807, 2.05) is 0 Å². The summed E-state index contributed by atoms with van der Waals surface area (Å²) < 4.78 is 14.0. The Morgan fingerprint density at radius 2 is 2.15 bits per heavy atom. The summed E-state index contributed by atoms with van der Waals surface area (Å²) in [4.78, 5) is 4.03. The van der Waals surface area contributed by atoms with Crippen LogP contribution in [0.25, 0.3) is 10.9 Å². The molecule has 0 atom stereocenters. The molecule has 0 saturated heterocycles. The summed E-state index contributed by atoms with van der Waals surface area (Å²) in [6, 6.07) is 4.58. The van der Waals surface area contributed by atoms with Crippen LogP contribution in [-0.2, 0) is 0 Å². The SMILES string of the molecule is Nc1cnc2c(Br)ccc(F)c2c1. The van der Waals surface area contributed by atoms with Crippen molar-refractivity contribution >= 4 is 32.5 Å². The predicted octanol–water partition coefficient (Wildman–Crippen LogP) is 2.72. The summed E-state index contributed by atoms with van der Waals surface area (Å²) >= 11 is 3.29. The van der Waals surface area contributed by atoms with Gasteiger partial charge >= 0.3 is 0 Å². The smallest absolute Gasteiger partial charge is 0.132 e. The number of anilines is 1. The fraction of sp³-hybridized carbons (Fsp3) is 0. The molecule has 0 aliphatic heterocycles. The zero-order valence-corrected chi connectivity index (χ0v) is 8.18. The maximum atomic E-state index is 13.2. The molecule has 0 spiro atoms. The van der Waals surface area contributed by atoms with Gasteiger partial charge in [0.25, 0.3) is 0 Å². The highest BCUT2D eigenvalue weighted by atomic mass is 79.9. The first-order valence-electron chi connectivity index (χ1n) is 3.68. The number of hydrogen-bond donors (Lipinski definition) is 1. The first-order valence-corrected chi connectivity index (χ1v) is 4.47. The Kier molecular flexibility index (Phi) is 1.92. The third kappa shape index (κ3) is 1.37. The molecule has 2 aromatic rings. The molecule has 0 aliphatic carbocycles. The van der Waals surface area contributed by atoms with Crippen LogP contribution in [0.2, 0.25) is 0 Å². The molecule has 4 heteroatoms. The van der Waals surface area contributed by atoms with Crippen molar-refractivity contribution in [3.05, 3.63) is 34.7 Å². The fourth-order valence-electron chi connectivity index (χ4n) is 1.17. The Bertz CT molecular complexity index is 470. The number of aromatic nitrogens is 1. The molecule has 1 aromatic carbocycles. The monoisotopic (exact) mass is 240 g/mol. The van der Waals surface area contributed by atoms with Gasteiger partial charge in [-0.3, -0.25) is 4.98 Å². The number of hydrogen-bond acceptors (Lipinski definition) is 2. The molecular weight excluding hydrogens is 235 g/mol. The third-order valence-corrected chi connectivity index (χ3v) is 2.41. The summed E-state index contributed by atoms with van der Waals surface area (Å²) in [5, 5.41) is 0.439. The van der Waals surface area contributed by atoms with Crippen molar-refractivity contribution in [1.82, 2.24) is 4.98 Å². The molecular formula is C9H6BrFN2. The third-order valence-electron chi connectivity index (χ3n) is 1.77. The Morgan fingerprint density at radius 1 is 1.38 bits per heavy atom. The predicted molar refractivity (Wildman–Crippen MR) is 53.8 cm³/mol. The first-order chi connectivity index (χ1) is 6.18. The van der Waals surface area contributed by atoms with E-state index < -0.39 is 0 Å². The van der Waals surface area contributed by atoms with E-state index in [0.29, 0.717) is 16.6 Å². The van der Waals surface area contributed by atoms with E-state index in [2.05, 4.69) is 20.9 Å². The molecule has 0 amide bonds. The lowest BCUT2D eigenvalue weighted by Crippen LogP contribution is -1.89. The zero-order valence-electron chi connectivity index (χ0n) is 6.59. The number of nitrogens with two attached hydrogens (primary N) is 1. The van der Waals surface area contributed by atoms with Crippen LogP contribution in [0.1, 0.15) is 0 Å². The summed E-state index contributed by atoms with van der Waals surface area (Å²) in [6.45, 7) is 0. The molecule has 1 heterocycles. The van der Waals surface area contributed by atoms with Crippen LogP contribution in [0.4, 0.5) is 10.1 Å². The lowest BCUT2D eigenvalue weighted by Gasteiger charge is -2.01. The highest BCUT2D eigenvalue weighted by Gasteiger charge is 2.04. The molecule has 0 radical (unpaired) electrons. The second-order valence-corrected chi connectivity index (χ2v) is 3.55. The highest BCUT2D eigenvalue weighted by Crippen LogP contribution is 2.25. The van der Waals surface area contributed by atoms with Crippen LogP contribution in [0.5, 0.6) is 0 Å². The number of rotatable bonds is 0. The van der Waals surface area contributed by atoms with Crippen molar-refractivity contribution < 1.29 is 4.39 Å². The van der Waals surface area contributed by atoms with Crippen LogP contribution in [-0.4, -0.2) is 4.98 Å². The van der Waals surface area contributed by atoms with Gasteiger partial charge in [0.1, 0.15) is 5.82 Å². The fourth-order valence-corrected chi connectivity index (χ4v) is 1.62. The molecule has 2 rings (SSSR count). The van der Waals surface area contributed by atoms with E-state index in [0.717, 1.165) is 4.47 Å². The van der Waals surface area contributed by atoms with Crippen LogP contribution in [0.3, 0.4) is 0 Å². The number of benzene rings is 1. The Balaban J connectivity index is 2.92. The van der Waals surface area contributed by atoms with E-state index in [-0.39, 0.29) is 5.82 Å². The number of fused-ring (bicyclic) bond motifs is 1. The van der Waals surface area contributed by atoms with Crippen molar-refractivity contribution in [1.29, 1.82) is 0 Å². The summed E-state index contributed by atoms with van der Waals surface area (Å²) in [5.41, 5.74) is 6.55. The lowest BCUT2D eigenvalue weighted by molar-refractivity contribution is 0.639. The Hall–Kier alpha value is -1.16. The van der Waals surface area contributed by atoms with Gasteiger partial charge in [-0.2, -0.15) is 0 Å². The second-order valence-electron chi connectivity index (χ2n) is 2.69. The summed E-state index contributed by atoms with van der Waals surface area (Å²) in [6.07, 6.45) is 1.51. The molecule has 0 unspecified atom stereocenters. The molecule has 2 N–H and O–H groups in total. The lowest BCUT2D eigenvalue weighted by atomic mass is 10.2. The maximum absolute atomic E-state index is 13.2. The summed E-state index contributed by atoms with van der Waals surface area (Å²) in [7, 11) is 0. The number of nitrogens with zero attached hydrogens (tertiary/aromatic N) is 1. The van der Waals surface area contributed by atoms with Gasteiger partial charge < -0.3 is 5.73 Å². The molecule has 66 valence electrons.